The Balaban J connectivity index is 2.10. The lowest BCUT2D eigenvalue weighted by Crippen LogP contribution is -2.18. The summed E-state index contributed by atoms with van der Waals surface area (Å²) in [6.45, 7) is 2.00. The smallest absolute Gasteiger partial charge is 0.347 e. The van der Waals surface area contributed by atoms with Gasteiger partial charge in [0.25, 0.3) is 0 Å². The van der Waals surface area contributed by atoms with Crippen molar-refractivity contribution in [1.82, 2.24) is 0 Å². The lowest BCUT2D eigenvalue weighted by Gasteiger charge is -2.09. The van der Waals surface area contributed by atoms with Crippen LogP contribution in [0.1, 0.15) is 34.8 Å². The van der Waals surface area contributed by atoms with Gasteiger partial charge in [0.15, 0.2) is 0 Å². The largest absolute Gasteiger partial charge is 0.422 e. The first kappa shape index (κ1) is 18.6. The van der Waals surface area contributed by atoms with Crippen LogP contribution in [-0.2, 0) is 6.42 Å². The molecule has 0 atom stereocenters. The highest BCUT2D eigenvalue weighted by atomic mass is 79.9. The molecule has 5 heteroatoms. The second-order valence-corrected chi connectivity index (χ2v) is 7.24. The van der Waals surface area contributed by atoms with E-state index in [4.69, 9.17) is 16.0 Å². The number of aryl methyl sites for hydroxylation is 1. The van der Waals surface area contributed by atoms with E-state index in [9.17, 15) is 9.59 Å². The Hall–Kier alpha value is -2.17. The first-order valence-electron chi connectivity index (χ1n) is 8.23. The van der Waals surface area contributed by atoms with Crippen molar-refractivity contribution in [3.63, 3.8) is 0 Å². The van der Waals surface area contributed by atoms with Gasteiger partial charge in [-0.1, -0.05) is 40.9 Å². The van der Waals surface area contributed by atoms with Gasteiger partial charge in [0.2, 0.25) is 5.78 Å². The minimum atomic E-state index is -0.617. The molecule has 3 aromatic rings. The number of carbonyl (C=O) groups excluding carboxylic acids is 1. The molecule has 0 saturated heterocycles. The highest BCUT2D eigenvalue weighted by Crippen LogP contribution is 2.24. The quantitative estimate of drug-likeness (QED) is 0.472. The molecule has 0 aliphatic carbocycles. The molecular formula is C21H16BrClO3. The Morgan fingerprint density at radius 1 is 1.08 bits per heavy atom. The molecule has 1 aromatic heterocycles. The molecule has 0 spiro atoms. The van der Waals surface area contributed by atoms with Crippen molar-refractivity contribution in [3.05, 3.63) is 91.2 Å². The van der Waals surface area contributed by atoms with Gasteiger partial charge in [-0.25, -0.2) is 4.79 Å². The third kappa shape index (κ3) is 3.97. The van der Waals surface area contributed by atoms with Crippen LogP contribution >= 0.6 is 27.5 Å². The van der Waals surface area contributed by atoms with Crippen molar-refractivity contribution >= 4 is 33.3 Å². The maximum absolute atomic E-state index is 12.9. The number of rotatable bonds is 5. The number of carbonyl (C=O) groups is 1. The van der Waals surface area contributed by atoms with E-state index >= 15 is 0 Å². The number of benzene rings is 2. The molecular weight excluding hydrogens is 416 g/mol. The van der Waals surface area contributed by atoms with Crippen LogP contribution in [0.25, 0.3) is 11.3 Å². The fourth-order valence-electron chi connectivity index (χ4n) is 2.75. The summed E-state index contributed by atoms with van der Waals surface area (Å²) in [5, 5.41) is 0.604. The number of ketones is 1. The van der Waals surface area contributed by atoms with E-state index < -0.39 is 5.63 Å². The van der Waals surface area contributed by atoms with E-state index in [0.717, 1.165) is 16.5 Å². The molecule has 0 bridgehead atoms. The van der Waals surface area contributed by atoms with Crippen molar-refractivity contribution in [3.8, 4) is 11.3 Å². The van der Waals surface area contributed by atoms with Gasteiger partial charge in [-0.3, -0.25) is 4.79 Å². The summed E-state index contributed by atoms with van der Waals surface area (Å²) in [5.41, 5.74) is 1.38. The summed E-state index contributed by atoms with van der Waals surface area (Å²) in [4.78, 5) is 25.5. The summed E-state index contributed by atoms with van der Waals surface area (Å²) in [6.07, 6.45) is 1.42. The number of hydrogen-bond acceptors (Lipinski definition) is 3. The molecule has 0 radical (unpaired) electrons. The van der Waals surface area contributed by atoms with Gasteiger partial charge in [-0.05, 0) is 66.6 Å². The van der Waals surface area contributed by atoms with E-state index in [2.05, 4.69) is 15.9 Å². The maximum Gasteiger partial charge on any atom is 0.347 e. The average Bonchev–Trinajstić information content (AvgIpc) is 2.62. The molecule has 1 heterocycles. The average molecular weight is 432 g/mol. The SMILES string of the molecule is CCCc1cc(-c2ccc(Cl)cc2)oc(=O)c1C(=O)c1ccc(Br)cc1. The summed E-state index contributed by atoms with van der Waals surface area (Å²) in [5.74, 6) is 0.111. The molecule has 0 N–H and O–H groups in total. The third-order valence-electron chi connectivity index (χ3n) is 4.01. The molecule has 0 saturated carbocycles. The third-order valence-corrected chi connectivity index (χ3v) is 4.80. The molecule has 0 aliphatic heterocycles. The summed E-state index contributed by atoms with van der Waals surface area (Å²) in [7, 11) is 0. The molecule has 0 aliphatic rings. The second-order valence-electron chi connectivity index (χ2n) is 5.89. The van der Waals surface area contributed by atoms with Gasteiger partial charge in [0, 0.05) is 20.6 Å². The van der Waals surface area contributed by atoms with Crippen LogP contribution < -0.4 is 5.63 Å². The Labute approximate surface area is 164 Å². The van der Waals surface area contributed by atoms with Crippen LogP contribution in [0.4, 0.5) is 0 Å². The summed E-state index contributed by atoms with van der Waals surface area (Å²) < 4.78 is 6.33. The van der Waals surface area contributed by atoms with Crippen molar-refractivity contribution in [2.24, 2.45) is 0 Å². The van der Waals surface area contributed by atoms with Gasteiger partial charge in [-0.2, -0.15) is 0 Å². The van der Waals surface area contributed by atoms with E-state index in [0.29, 0.717) is 28.3 Å². The molecule has 0 unspecified atom stereocenters. The van der Waals surface area contributed by atoms with Crippen LogP contribution in [0.15, 0.2) is 68.3 Å². The topological polar surface area (TPSA) is 47.3 Å². The fraction of sp³-hybridized carbons (Fsp3) is 0.143. The Bertz CT molecular complexity index is 989. The number of halogens is 2. The lowest BCUT2D eigenvalue weighted by molar-refractivity contribution is 0.103. The van der Waals surface area contributed by atoms with Gasteiger partial charge < -0.3 is 4.42 Å². The molecule has 3 nitrogen and oxygen atoms in total. The Morgan fingerprint density at radius 3 is 2.35 bits per heavy atom. The van der Waals surface area contributed by atoms with Gasteiger partial charge in [0.1, 0.15) is 11.3 Å². The summed E-state index contributed by atoms with van der Waals surface area (Å²) >= 11 is 9.26. The van der Waals surface area contributed by atoms with Crippen LogP contribution in [0, 0.1) is 0 Å². The van der Waals surface area contributed by atoms with Crippen molar-refractivity contribution < 1.29 is 9.21 Å². The second kappa shape index (κ2) is 8.02. The maximum atomic E-state index is 12.9. The van der Waals surface area contributed by atoms with Crippen molar-refractivity contribution in [1.29, 1.82) is 0 Å². The normalized spacial score (nSPS) is 10.7. The lowest BCUT2D eigenvalue weighted by atomic mass is 9.96. The predicted molar refractivity (Wildman–Crippen MR) is 107 cm³/mol. The van der Waals surface area contributed by atoms with E-state index in [1.807, 2.05) is 6.92 Å². The Morgan fingerprint density at radius 2 is 1.73 bits per heavy atom. The van der Waals surface area contributed by atoms with Gasteiger partial charge in [0.05, 0.1) is 0 Å². The zero-order valence-electron chi connectivity index (χ0n) is 14.1. The molecule has 3 rings (SSSR count). The van der Waals surface area contributed by atoms with Crippen LogP contribution in [-0.4, -0.2) is 5.78 Å². The summed E-state index contributed by atoms with van der Waals surface area (Å²) in [6, 6.07) is 15.7. The van der Waals surface area contributed by atoms with Crippen molar-refractivity contribution in [2.75, 3.05) is 0 Å². The molecule has 0 amide bonds. The van der Waals surface area contributed by atoms with E-state index in [1.54, 1.807) is 54.6 Å². The van der Waals surface area contributed by atoms with E-state index in [-0.39, 0.29) is 11.3 Å². The zero-order chi connectivity index (χ0) is 18.7. The highest BCUT2D eigenvalue weighted by molar-refractivity contribution is 9.10. The first-order valence-corrected chi connectivity index (χ1v) is 9.40. The first-order chi connectivity index (χ1) is 12.5. The fourth-order valence-corrected chi connectivity index (χ4v) is 3.14. The molecule has 0 fully saturated rings. The van der Waals surface area contributed by atoms with Crippen LogP contribution in [0.5, 0.6) is 0 Å². The molecule has 132 valence electrons. The van der Waals surface area contributed by atoms with Gasteiger partial charge >= 0.3 is 5.63 Å². The zero-order valence-corrected chi connectivity index (χ0v) is 16.4. The van der Waals surface area contributed by atoms with Crippen molar-refractivity contribution in [2.45, 2.75) is 19.8 Å². The monoisotopic (exact) mass is 430 g/mol. The minimum absolute atomic E-state index is 0.104. The Kier molecular flexibility index (Phi) is 5.74. The predicted octanol–water partition coefficient (Wildman–Crippen LogP) is 5.91. The van der Waals surface area contributed by atoms with Crippen LogP contribution in [0.3, 0.4) is 0 Å². The van der Waals surface area contributed by atoms with Crippen LogP contribution in [0.2, 0.25) is 5.02 Å². The number of hydrogen-bond donors (Lipinski definition) is 0. The molecule has 2 aromatic carbocycles. The van der Waals surface area contributed by atoms with E-state index in [1.165, 1.54) is 0 Å². The molecule has 26 heavy (non-hydrogen) atoms. The minimum Gasteiger partial charge on any atom is -0.422 e. The highest BCUT2D eigenvalue weighted by Gasteiger charge is 2.20. The van der Waals surface area contributed by atoms with Gasteiger partial charge in [-0.15, -0.1) is 0 Å². The standard InChI is InChI=1S/C21H16BrClO3/c1-2-3-15-12-18(13-6-10-17(23)11-7-13)26-21(25)19(15)20(24)14-4-8-16(22)9-5-14/h4-12H,2-3H2,1H3.